The van der Waals surface area contributed by atoms with Crippen molar-refractivity contribution in [3.8, 4) is 5.75 Å². The molecule has 0 saturated carbocycles. The van der Waals surface area contributed by atoms with Crippen molar-refractivity contribution >= 4 is 28.4 Å². The molecule has 94 valence electrons. The third-order valence-electron chi connectivity index (χ3n) is 3.34. The summed E-state index contributed by atoms with van der Waals surface area (Å²) in [6.07, 6.45) is 1.11. The topological polar surface area (TPSA) is 46.5 Å². The van der Waals surface area contributed by atoms with Crippen LogP contribution in [0.2, 0.25) is 0 Å². The first kappa shape index (κ1) is 13.1. The van der Waals surface area contributed by atoms with Gasteiger partial charge >= 0.3 is 0 Å². The molecule has 1 aromatic rings. The minimum atomic E-state index is -2.55. The van der Waals surface area contributed by atoms with E-state index in [2.05, 4.69) is 15.9 Å². The lowest BCUT2D eigenvalue weighted by atomic mass is 10.1. The molecule has 0 aromatic heterocycles. The fourth-order valence-electron chi connectivity index (χ4n) is 2.17. The Balaban J connectivity index is 2.36. The van der Waals surface area contributed by atoms with Crippen LogP contribution in [0.5, 0.6) is 5.75 Å². The number of halogens is 1. The van der Waals surface area contributed by atoms with E-state index in [4.69, 9.17) is 4.74 Å². The highest BCUT2D eigenvalue weighted by Gasteiger charge is 2.50. The van der Waals surface area contributed by atoms with Gasteiger partial charge in [0, 0.05) is 11.5 Å². The molecule has 0 aliphatic carbocycles. The Morgan fingerprint density at radius 2 is 2.06 bits per heavy atom. The van der Waals surface area contributed by atoms with Gasteiger partial charge in [-0.1, -0.05) is 15.9 Å². The Hall–Kier alpha value is -0.310. The zero-order valence-electron chi connectivity index (χ0n) is 9.89. The summed E-state index contributed by atoms with van der Waals surface area (Å²) in [7, 11) is -0.952. The Kier molecular flexibility index (Phi) is 3.41. The third kappa shape index (κ3) is 2.18. The lowest BCUT2D eigenvalue weighted by molar-refractivity contribution is 0.0820. The van der Waals surface area contributed by atoms with Crippen LogP contribution in [0.3, 0.4) is 0 Å². The number of rotatable bonds is 2. The van der Waals surface area contributed by atoms with Crippen molar-refractivity contribution in [2.75, 3.05) is 13.3 Å². The lowest BCUT2D eigenvalue weighted by Gasteiger charge is -2.24. The largest absolute Gasteiger partial charge is 0.497 e. The molecule has 1 N–H and O–H groups in total. The van der Waals surface area contributed by atoms with E-state index in [1.165, 1.54) is 0 Å². The smallest absolute Gasteiger partial charge is 0.131 e. The molecular formula is C12H16BrO3P. The first-order valence-electron chi connectivity index (χ1n) is 5.50. The normalized spacial score (nSPS) is 37.1. The maximum atomic E-state index is 12.9. The number of alkyl halides is 1. The average Bonchev–Trinajstić information content (AvgIpc) is 2.55. The molecule has 5 heteroatoms. The van der Waals surface area contributed by atoms with Crippen molar-refractivity contribution in [1.29, 1.82) is 0 Å². The fourth-order valence-corrected chi connectivity index (χ4v) is 6.93. The molecule has 3 nitrogen and oxygen atoms in total. The number of benzene rings is 1. The monoisotopic (exact) mass is 318 g/mol. The van der Waals surface area contributed by atoms with Crippen LogP contribution in [0, 0.1) is 0 Å². The minimum Gasteiger partial charge on any atom is -0.497 e. The molecule has 1 heterocycles. The van der Waals surface area contributed by atoms with Crippen LogP contribution in [-0.2, 0) is 4.57 Å². The van der Waals surface area contributed by atoms with E-state index in [-0.39, 0.29) is 4.57 Å². The van der Waals surface area contributed by atoms with Crippen molar-refractivity contribution < 1.29 is 14.4 Å². The Morgan fingerprint density at radius 1 is 1.47 bits per heavy atom. The number of aliphatic hydroxyl groups is 1. The molecule has 1 saturated heterocycles. The van der Waals surface area contributed by atoms with Gasteiger partial charge in [-0.05, 0) is 37.6 Å². The molecule has 1 aliphatic rings. The van der Waals surface area contributed by atoms with Gasteiger partial charge in [-0.25, -0.2) is 0 Å². The third-order valence-corrected chi connectivity index (χ3v) is 9.66. The van der Waals surface area contributed by atoms with Gasteiger partial charge < -0.3 is 14.4 Å². The second-order valence-corrected chi connectivity index (χ2v) is 9.35. The molecule has 17 heavy (non-hydrogen) atoms. The molecule has 1 fully saturated rings. The summed E-state index contributed by atoms with van der Waals surface area (Å²) in [4.78, 5) is 0. The van der Waals surface area contributed by atoms with Crippen LogP contribution in [0.25, 0.3) is 0 Å². The molecule has 1 aliphatic heterocycles. The molecule has 0 spiro atoms. The minimum absolute atomic E-state index is 0.365. The Labute approximate surface area is 110 Å². The van der Waals surface area contributed by atoms with Gasteiger partial charge in [0.1, 0.15) is 17.5 Å². The predicted molar refractivity (Wildman–Crippen MR) is 73.1 cm³/mol. The number of methoxy groups -OCH3 is 1. The van der Waals surface area contributed by atoms with Crippen LogP contribution >= 0.6 is 23.1 Å². The first-order valence-corrected chi connectivity index (χ1v) is 8.38. The maximum absolute atomic E-state index is 12.9. The van der Waals surface area contributed by atoms with E-state index < -0.39 is 12.7 Å². The maximum Gasteiger partial charge on any atom is 0.131 e. The van der Waals surface area contributed by atoms with Crippen LogP contribution < -0.4 is 10.0 Å². The lowest BCUT2D eigenvalue weighted by Crippen LogP contribution is -2.30. The highest BCUT2D eigenvalue weighted by Crippen LogP contribution is 2.62. The summed E-state index contributed by atoms with van der Waals surface area (Å²) < 4.78 is 17.6. The Bertz CT molecular complexity index is 455. The second-order valence-electron chi connectivity index (χ2n) is 4.66. The van der Waals surface area contributed by atoms with E-state index in [9.17, 15) is 9.67 Å². The summed E-state index contributed by atoms with van der Waals surface area (Å²) in [5.41, 5.74) is -0.893. The number of hydrogen-bond donors (Lipinski definition) is 1. The van der Waals surface area contributed by atoms with Gasteiger partial charge in [0.05, 0.1) is 12.7 Å². The van der Waals surface area contributed by atoms with Crippen molar-refractivity contribution in [3.05, 3.63) is 24.3 Å². The highest BCUT2D eigenvalue weighted by atomic mass is 79.9. The quantitative estimate of drug-likeness (QED) is 0.673. The summed E-state index contributed by atoms with van der Waals surface area (Å²) in [5.74, 6) is 0.748. The number of ether oxygens (including phenoxy) is 1. The summed E-state index contributed by atoms with van der Waals surface area (Å²) >= 11 is 3.41. The van der Waals surface area contributed by atoms with Gasteiger partial charge in [0.25, 0.3) is 0 Å². The van der Waals surface area contributed by atoms with Gasteiger partial charge in [-0.3, -0.25) is 0 Å². The van der Waals surface area contributed by atoms with Crippen LogP contribution in [0.4, 0.5) is 0 Å². The van der Waals surface area contributed by atoms with Gasteiger partial charge in [-0.15, -0.1) is 0 Å². The molecule has 0 bridgehead atoms. The van der Waals surface area contributed by atoms with E-state index in [0.717, 1.165) is 11.1 Å². The molecule has 0 radical (unpaired) electrons. The molecule has 1 aromatic carbocycles. The fraction of sp³-hybridized carbons (Fsp3) is 0.500. The molecular weight excluding hydrogens is 303 g/mol. The molecule has 0 unspecified atom stereocenters. The van der Waals surface area contributed by atoms with Crippen LogP contribution in [-0.4, -0.2) is 28.5 Å². The number of hydrogen-bond acceptors (Lipinski definition) is 3. The SMILES string of the molecule is COc1ccc([P@]2(=O)CC[C@@](C)(O)[C@@H]2Br)cc1. The summed E-state index contributed by atoms with van der Waals surface area (Å²) in [5, 5.41) is 10.9. The standard InChI is InChI=1S/C12H16BrO3P/c1-12(14)7-8-17(15,11(12)13)10-5-3-9(16-2)4-6-10/h3-6,11,14H,7-8H2,1-2H3/t11-,12-,17-/m1/s1. The van der Waals surface area contributed by atoms with E-state index >= 15 is 0 Å². The summed E-state index contributed by atoms with van der Waals surface area (Å²) in [6.45, 7) is 1.73. The Morgan fingerprint density at radius 3 is 2.47 bits per heavy atom. The van der Waals surface area contributed by atoms with Gasteiger partial charge in [-0.2, -0.15) is 0 Å². The predicted octanol–water partition coefficient (Wildman–Crippen LogP) is 2.56. The van der Waals surface area contributed by atoms with E-state index in [1.54, 1.807) is 14.0 Å². The average molecular weight is 319 g/mol. The van der Waals surface area contributed by atoms with Crippen molar-refractivity contribution in [2.45, 2.75) is 23.5 Å². The van der Waals surface area contributed by atoms with Crippen molar-refractivity contribution in [3.63, 3.8) is 0 Å². The molecule has 2 rings (SSSR count). The second kappa shape index (κ2) is 4.42. The molecule has 0 amide bonds. The van der Waals surface area contributed by atoms with Gasteiger partial charge in [0.15, 0.2) is 0 Å². The first-order chi connectivity index (χ1) is 7.90. The zero-order valence-corrected chi connectivity index (χ0v) is 12.4. The van der Waals surface area contributed by atoms with Crippen molar-refractivity contribution in [2.24, 2.45) is 0 Å². The van der Waals surface area contributed by atoms with Gasteiger partial charge in [0.2, 0.25) is 0 Å². The zero-order chi connectivity index (χ0) is 12.7. The summed E-state index contributed by atoms with van der Waals surface area (Å²) in [6, 6.07) is 7.27. The van der Waals surface area contributed by atoms with Crippen LogP contribution in [0.15, 0.2) is 24.3 Å². The van der Waals surface area contributed by atoms with E-state index in [0.29, 0.717) is 12.6 Å². The van der Waals surface area contributed by atoms with Crippen LogP contribution in [0.1, 0.15) is 13.3 Å². The highest BCUT2D eigenvalue weighted by molar-refractivity contribution is 9.11. The van der Waals surface area contributed by atoms with Crippen molar-refractivity contribution in [1.82, 2.24) is 0 Å². The van der Waals surface area contributed by atoms with E-state index in [1.807, 2.05) is 24.3 Å². The molecule has 3 atom stereocenters.